The largest absolute Gasteiger partial charge is 0.497 e. The molecule has 0 unspecified atom stereocenters. The summed E-state index contributed by atoms with van der Waals surface area (Å²) in [5, 5.41) is 0.637. The molecule has 170 valence electrons. The number of fused-ring (bicyclic) bond motifs is 1. The van der Waals surface area contributed by atoms with Crippen molar-refractivity contribution >= 4 is 63.0 Å². The molecule has 1 fully saturated rings. The number of rotatable bonds is 5. The van der Waals surface area contributed by atoms with Gasteiger partial charge in [-0.3, -0.25) is 14.5 Å². The topological polar surface area (TPSA) is 49.9 Å². The number of thiocarbonyl (C=S) groups is 1. The Bertz CT molecular complexity index is 1340. The number of ether oxygens (including phenoxy) is 1. The molecule has 0 aliphatic carbocycles. The number of halogens is 1. The van der Waals surface area contributed by atoms with Crippen molar-refractivity contribution in [2.75, 3.05) is 12.0 Å². The Morgan fingerprint density at radius 2 is 1.47 bits per heavy atom. The highest BCUT2D eigenvalue weighted by atomic mass is 35.5. The van der Waals surface area contributed by atoms with Gasteiger partial charge < -0.3 is 9.64 Å². The van der Waals surface area contributed by atoms with Crippen molar-refractivity contribution in [3.8, 4) is 5.75 Å². The highest BCUT2D eigenvalue weighted by molar-refractivity contribution is 8.26. The van der Waals surface area contributed by atoms with Crippen LogP contribution >= 0.6 is 35.6 Å². The maximum Gasteiger partial charge on any atom is 0.267 e. The Morgan fingerprint density at radius 1 is 0.853 bits per heavy atom. The quantitative estimate of drug-likeness (QED) is 0.330. The molecule has 3 aromatic rings. The molecular weight excluding hydrogens is 488 g/mol. The number of carbonyl (C=O) groups is 2. The lowest BCUT2D eigenvalue weighted by Crippen LogP contribution is -2.29. The van der Waals surface area contributed by atoms with E-state index in [2.05, 4.69) is 0 Å². The Hall–Kier alpha value is -3.13. The molecule has 0 atom stereocenters. The third kappa shape index (κ3) is 4.11. The highest BCUT2D eigenvalue weighted by Crippen LogP contribution is 2.45. The molecule has 34 heavy (non-hydrogen) atoms. The van der Waals surface area contributed by atoms with Crippen molar-refractivity contribution in [1.82, 2.24) is 4.90 Å². The molecule has 2 heterocycles. The van der Waals surface area contributed by atoms with Crippen molar-refractivity contribution in [2.24, 2.45) is 0 Å². The van der Waals surface area contributed by atoms with Gasteiger partial charge in [-0.15, -0.1) is 0 Å². The number of thioether (sulfide) groups is 1. The van der Waals surface area contributed by atoms with Gasteiger partial charge in [0.25, 0.3) is 11.8 Å². The molecule has 1 saturated heterocycles. The monoisotopic (exact) mass is 506 g/mol. The average Bonchev–Trinajstić information content (AvgIpc) is 3.28. The van der Waals surface area contributed by atoms with E-state index in [-0.39, 0.29) is 11.8 Å². The molecule has 5 rings (SSSR count). The van der Waals surface area contributed by atoms with E-state index in [1.165, 1.54) is 11.8 Å². The number of carbonyl (C=O) groups excluding carboxylic acids is 2. The van der Waals surface area contributed by atoms with Gasteiger partial charge in [-0.2, -0.15) is 0 Å². The van der Waals surface area contributed by atoms with Crippen LogP contribution < -0.4 is 9.64 Å². The Balaban J connectivity index is 1.47. The first-order valence-electron chi connectivity index (χ1n) is 10.5. The third-order valence-electron chi connectivity index (χ3n) is 5.75. The summed E-state index contributed by atoms with van der Waals surface area (Å²) in [4.78, 5) is 30.7. The summed E-state index contributed by atoms with van der Waals surface area (Å²) >= 11 is 12.7. The molecule has 3 aromatic carbocycles. The number of anilines is 1. The van der Waals surface area contributed by atoms with Crippen LogP contribution in [0.2, 0.25) is 5.02 Å². The molecule has 0 spiro atoms. The summed E-state index contributed by atoms with van der Waals surface area (Å²) in [6.45, 7) is 0.707. The van der Waals surface area contributed by atoms with Crippen molar-refractivity contribution in [3.05, 3.63) is 99.4 Å². The number of methoxy groups -OCH3 is 1. The number of hydrogen-bond acceptors (Lipinski definition) is 5. The lowest BCUT2D eigenvalue weighted by atomic mass is 10.1. The van der Waals surface area contributed by atoms with Gasteiger partial charge in [-0.25, -0.2) is 0 Å². The fourth-order valence-electron chi connectivity index (χ4n) is 4.03. The molecule has 0 saturated carbocycles. The Labute approximate surface area is 212 Å². The number of hydrogen-bond donors (Lipinski definition) is 0. The maximum absolute atomic E-state index is 13.6. The van der Waals surface area contributed by atoms with E-state index in [0.717, 1.165) is 28.1 Å². The van der Waals surface area contributed by atoms with Gasteiger partial charge in [0.15, 0.2) is 0 Å². The minimum atomic E-state index is -0.252. The fraction of sp³-hybridized carbons (Fsp3) is 0.115. The summed E-state index contributed by atoms with van der Waals surface area (Å²) < 4.78 is 5.64. The SMILES string of the molecule is COc1ccc(CN2C(=O)C(=C3C(=O)N(Cc4ccc(Cl)cc4)c4ccccc43)SC2=S)cc1. The summed E-state index contributed by atoms with van der Waals surface area (Å²) in [6, 6.07) is 22.4. The van der Waals surface area contributed by atoms with Gasteiger partial charge in [-0.1, -0.05) is 78.0 Å². The first-order chi connectivity index (χ1) is 16.5. The van der Waals surface area contributed by atoms with Gasteiger partial charge in [0.1, 0.15) is 10.1 Å². The minimum absolute atomic E-state index is 0.207. The Morgan fingerprint density at radius 3 is 2.15 bits per heavy atom. The molecule has 8 heteroatoms. The molecule has 0 N–H and O–H groups in total. The zero-order valence-electron chi connectivity index (χ0n) is 18.2. The van der Waals surface area contributed by atoms with Crippen molar-refractivity contribution < 1.29 is 14.3 Å². The molecular formula is C26H19ClN2O3S2. The lowest BCUT2D eigenvalue weighted by molar-refractivity contribution is -0.122. The van der Waals surface area contributed by atoms with Crippen LogP contribution in [0.5, 0.6) is 5.75 Å². The van der Waals surface area contributed by atoms with Crippen LogP contribution in [0.25, 0.3) is 5.57 Å². The van der Waals surface area contributed by atoms with Crippen LogP contribution in [-0.4, -0.2) is 28.1 Å². The third-order valence-corrected chi connectivity index (χ3v) is 7.45. The fourth-order valence-corrected chi connectivity index (χ4v) is 5.48. The second kappa shape index (κ2) is 9.25. The number of benzene rings is 3. The summed E-state index contributed by atoms with van der Waals surface area (Å²) in [6.07, 6.45) is 0. The highest BCUT2D eigenvalue weighted by Gasteiger charge is 2.41. The van der Waals surface area contributed by atoms with Crippen LogP contribution in [0, 0.1) is 0 Å². The second-order valence-electron chi connectivity index (χ2n) is 7.85. The molecule has 2 aliphatic rings. The average molecular weight is 507 g/mol. The van der Waals surface area contributed by atoms with Crippen LogP contribution in [-0.2, 0) is 22.7 Å². The summed E-state index contributed by atoms with van der Waals surface area (Å²) in [7, 11) is 1.61. The van der Waals surface area contributed by atoms with Crippen molar-refractivity contribution in [1.29, 1.82) is 0 Å². The van der Waals surface area contributed by atoms with E-state index in [1.807, 2.05) is 60.7 Å². The van der Waals surface area contributed by atoms with E-state index in [1.54, 1.807) is 29.0 Å². The zero-order chi connectivity index (χ0) is 23.8. The van der Waals surface area contributed by atoms with Gasteiger partial charge in [0.2, 0.25) is 0 Å². The van der Waals surface area contributed by atoms with E-state index < -0.39 is 0 Å². The molecule has 0 radical (unpaired) electrons. The minimum Gasteiger partial charge on any atom is -0.497 e. The zero-order valence-corrected chi connectivity index (χ0v) is 20.5. The normalized spacial score (nSPS) is 17.5. The van der Waals surface area contributed by atoms with Gasteiger partial charge in [-0.05, 0) is 41.5 Å². The van der Waals surface area contributed by atoms with Crippen molar-refractivity contribution in [2.45, 2.75) is 13.1 Å². The smallest absolute Gasteiger partial charge is 0.267 e. The first kappa shape index (κ1) is 22.7. The van der Waals surface area contributed by atoms with E-state index in [9.17, 15) is 9.59 Å². The van der Waals surface area contributed by atoms with Crippen LogP contribution in [0.4, 0.5) is 5.69 Å². The molecule has 0 bridgehead atoms. The standard InChI is InChI=1S/C26H19ClN2O3S2/c1-32-19-12-8-17(9-13-19)15-29-25(31)23(34-26(29)33)22-20-4-2-3-5-21(20)28(24(22)30)14-16-6-10-18(27)11-7-16/h2-13H,14-15H2,1H3. The van der Waals surface area contributed by atoms with Gasteiger partial charge >= 0.3 is 0 Å². The predicted octanol–water partition coefficient (Wildman–Crippen LogP) is 5.67. The lowest BCUT2D eigenvalue weighted by Gasteiger charge is -2.17. The van der Waals surface area contributed by atoms with Crippen LogP contribution in [0.1, 0.15) is 16.7 Å². The number of nitrogens with zero attached hydrogens (tertiary/aromatic N) is 2. The van der Waals surface area contributed by atoms with Gasteiger partial charge in [0.05, 0.1) is 36.4 Å². The molecule has 5 nitrogen and oxygen atoms in total. The van der Waals surface area contributed by atoms with E-state index in [4.69, 9.17) is 28.6 Å². The van der Waals surface area contributed by atoms with E-state index >= 15 is 0 Å². The summed E-state index contributed by atoms with van der Waals surface area (Å²) in [5.41, 5.74) is 3.79. The van der Waals surface area contributed by atoms with Crippen LogP contribution in [0.15, 0.2) is 77.7 Å². The predicted molar refractivity (Wildman–Crippen MR) is 140 cm³/mol. The van der Waals surface area contributed by atoms with Crippen LogP contribution in [0.3, 0.4) is 0 Å². The summed E-state index contributed by atoms with van der Waals surface area (Å²) in [5.74, 6) is 0.281. The number of para-hydroxylation sites is 1. The molecule has 2 aliphatic heterocycles. The van der Waals surface area contributed by atoms with E-state index in [0.29, 0.717) is 32.9 Å². The number of amides is 2. The maximum atomic E-state index is 13.6. The first-order valence-corrected chi connectivity index (χ1v) is 12.1. The van der Waals surface area contributed by atoms with Crippen molar-refractivity contribution in [3.63, 3.8) is 0 Å². The van der Waals surface area contributed by atoms with Gasteiger partial charge in [0, 0.05) is 10.6 Å². The molecule has 0 aromatic heterocycles. The molecule has 2 amide bonds. The second-order valence-corrected chi connectivity index (χ2v) is 9.93. The Kier molecular flexibility index (Phi) is 6.16.